The highest BCUT2D eigenvalue weighted by Crippen LogP contribution is 2.15. The molecule has 0 radical (unpaired) electrons. The molecule has 0 unspecified atom stereocenters. The van der Waals surface area contributed by atoms with Crippen molar-refractivity contribution in [2.75, 3.05) is 6.54 Å². The molecule has 1 N–H and O–H groups in total. The minimum absolute atomic E-state index is 0.0138. The van der Waals surface area contributed by atoms with Crippen molar-refractivity contribution in [1.82, 2.24) is 9.88 Å². The molecule has 0 bridgehead atoms. The third-order valence-corrected chi connectivity index (χ3v) is 2.27. The zero-order chi connectivity index (χ0) is 11.5. The molecule has 3 nitrogen and oxygen atoms in total. The van der Waals surface area contributed by atoms with Gasteiger partial charge in [0.15, 0.2) is 0 Å². The first-order valence-corrected chi connectivity index (χ1v) is 5.42. The van der Waals surface area contributed by atoms with Crippen LogP contribution in [0.2, 0.25) is 0 Å². The van der Waals surface area contributed by atoms with Gasteiger partial charge >= 0.3 is 0 Å². The molecule has 1 heterocycles. The summed E-state index contributed by atoms with van der Waals surface area (Å²) in [5, 5.41) is 2.86. The van der Waals surface area contributed by atoms with Gasteiger partial charge in [-0.25, -0.2) is 0 Å². The maximum Gasteiger partial charge on any atom is 0.252 e. The monoisotopic (exact) mass is 208 g/mol. The van der Waals surface area contributed by atoms with E-state index >= 15 is 0 Å². The van der Waals surface area contributed by atoms with E-state index in [-0.39, 0.29) is 11.4 Å². The number of aromatic nitrogens is 1. The fourth-order valence-electron chi connectivity index (χ4n) is 1.29. The number of carbonyl (C=O) groups is 1. The minimum Gasteiger partial charge on any atom is -0.352 e. The summed E-state index contributed by atoms with van der Waals surface area (Å²) < 4.78 is 2.05. The number of amides is 1. The molecule has 0 atom stereocenters. The van der Waals surface area contributed by atoms with E-state index < -0.39 is 0 Å². The Labute approximate surface area is 91.5 Å². The van der Waals surface area contributed by atoms with Crippen molar-refractivity contribution in [1.29, 1.82) is 0 Å². The summed E-state index contributed by atoms with van der Waals surface area (Å²) in [5.41, 5.74) is 0.766. The van der Waals surface area contributed by atoms with Crippen molar-refractivity contribution in [3.05, 3.63) is 24.0 Å². The van der Waals surface area contributed by atoms with Gasteiger partial charge in [-0.3, -0.25) is 4.79 Å². The molecule has 1 aromatic rings. The normalized spacial score (nSPS) is 11.5. The first-order valence-electron chi connectivity index (χ1n) is 5.42. The molecule has 84 valence electrons. The van der Waals surface area contributed by atoms with Gasteiger partial charge in [-0.15, -0.1) is 0 Å². The SMILES string of the molecule is CCCNC(=O)c1ccn(C(C)(C)C)c1. The zero-order valence-electron chi connectivity index (χ0n) is 10.0. The maximum absolute atomic E-state index is 11.6. The van der Waals surface area contributed by atoms with Crippen molar-refractivity contribution in [3.63, 3.8) is 0 Å². The molecule has 3 heteroatoms. The van der Waals surface area contributed by atoms with Crippen LogP contribution in [-0.4, -0.2) is 17.0 Å². The largest absolute Gasteiger partial charge is 0.352 e. The summed E-state index contributed by atoms with van der Waals surface area (Å²) >= 11 is 0. The van der Waals surface area contributed by atoms with E-state index in [4.69, 9.17) is 0 Å². The lowest BCUT2D eigenvalue weighted by atomic mass is 10.1. The van der Waals surface area contributed by atoms with Crippen LogP contribution in [-0.2, 0) is 5.54 Å². The Kier molecular flexibility index (Phi) is 3.56. The van der Waals surface area contributed by atoms with Crippen LogP contribution in [0.15, 0.2) is 18.5 Å². The third kappa shape index (κ3) is 3.11. The van der Waals surface area contributed by atoms with E-state index in [9.17, 15) is 4.79 Å². The van der Waals surface area contributed by atoms with E-state index in [1.165, 1.54) is 0 Å². The average molecular weight is 208 g/mol. The molecule has 1 rings (SSSR count). The quantitative estimate of drug-likeness (QED) is 0.813. The fraction of sp³-hybridized carbons (Fsp3) is 0.583. The highest BCUT2D eigenvalue weighted by molar-refractivity contribution is 5.93. The molecule has 1 amide bonds. The standard InChI is InChI=1S/C12H20N2O/c1-5-7-13-11(15)10-6-8-14(9-10)12(2,3)4/h6,8-9H,5,7H2,1-4H3,(H,13,15). The van der Waals surface area contributed by atoms with Crippen molar-refractivity contribution >= 4 is 5.91 Å². The van der Waals surface area contributed by atoms with Gasteiger partial charge in [-0.2, -0.15) is 0 Å². The van der Waals surface area contributed by atoms with Crippen LogP contribution in [0.3, 0.4) is 0 Å². The van der Waals surface area contributed by atoms with Gasteiger partial charge in [0.25, 0.3) is 5.91 Å². The lowest BCUT2D eigenvalue weighted by Gasteiger charge is -2.20. The second-order valence-corrected chi connectivity index (χ2v) is 4.73. The van der Waals surface area contributed by atoms with E-state index in [2.05, 4.69) is 26.1 Å². The summed E-state index contributed by atoms with van der Waals surface area (Å²) in [5.74, 6) is 0.0138. The number of carbonyl (C=O) groups excluding carboxylic acids is 1. The fourth-order valence-corrected chi connectivity index (χ4v) is 1.29. The van der Waals surface area contributed by atoms with Crippen LogP contribution >= 0.6 is 0 Å². The number of hydrogen-bond donors (Lipinski definition) is 1. The summed E-state index contributed by atoms with van der Waals surface area (Å²) in [6.07, 6.45) is 4.80. The maximum atomic E-state index is 11.6. The Bertz CT molecular complexity index is 334. The molecule has 0 fully saturated rings. The van der Waals surface area contributed by atoms with E-state index in [1.807, 2.05) is 30.0 Å². The van der Waals surface area contributed by atoms with Crippen molar-refractivity contribution in [2.24, 2.45) is 0 Å². The smallest absolute Gasteiger partial charge is 0.252 e. The third-order valence-electron chi connectivity index (χ3n) is 2.27. The van der Waals surface area contributed by atoms with Gasteiger partial charge < -0.3 is 9.88 Å². The first-order chi connectivity index (χ1) is 6.95. The van der Waals surface area contributed by atoms with Gasteiger partial charge in [0.05, 0.1) is 5.56 Å². The molecule has 0 aliphatic carbocycles. The second-order valence-electron chi connectivity index (χ2n) is 4.73. The van der Waals surface area contributed by atoms with Gasteiger partial charge in [-0.05, 0) is 33.3 Å². The first kappa shape index (κ1) is 11.8. The Morgan fingerprint density at radius 1 is 1.47 bits per heavy atom. The molecule has 0 aromatic carbocycles. The van der Waals surface area contributed by atoms with Crippen LogP contribution in [0.1, 0.15) is 44.5 Å². The van der Waals surface area contributed by atoms with Gasteiger partial charge in [-0.1, -0.05) is 6.92 Å². The Morgan fingerprint density at radius 3 is 2.60 bits per heavy atom. The van der Waals surface area contributed by atoms with Gasteiger partial charge in [0.2, 0.25) is 0 Å². The summed E-state index contributed by atoms with van der Waals surface area (Å²) in [6.45, 7) is 9.11. The van der Waals surface area contributed by atoms with E-state index in [0.29, 0.717) is 0 Å². The van der Waals surface area contributed by atoms with E-state index in [1.54, 1.807) is 0 Å². The van der Waals surface area contributed by atoms with Crippen LogP contribution in [0, 0.1) is 0 Å². The van der Waals surface area contributed by atoms with Crippen LogP contribution in [0.25, 0.3) is 0 Å². The molecule has 0 saturated heterocycles. The van der Waals surface area contributed by atoms with Crippen molar-refractivity contribution in [2.45, 2.75) is 39.7 Å². The Morgan fingerprint density at radius 2 is 2.13 bits per heavy atom. The van der Waals surface area contributed by atoms with Crippen molar-refractivity contribution in [3.8, 4) is 0 Å². The highest BCUT2D eigenvalue weighted by atomic mass is 16.1. The molecule has 1 aromatic heterocycles. The lowest BCUT2D eigenvalue weighted by Crippen LogP contribution is -2.24. The van der Waals surface area contributed by atoms with Gasteiger partial charge in [0, 0.05) is 24.5 Å². The number of hydrogen-bond acceptors (Lipinski definition) is 1. The molecule has 0 aliphatic heterocycles. The predicted molar refractivity (Wildman–Crippen MR) is 62.1 cm³/mol. The second kappa shape index (κ2) is 4.51. The summed E-state index contributed by atoms with van der Waals surface area (Å²) in [4.78, 5) is 11.6. The van der Waals surface area contributed by atoms with Crippen molar-refractivity contribution < 1.29 is 4.79 Å². The number of rotatable bonds is 3. The lowest BCUT2D eigenvalue weighted by molar-refractivity contribution is 0.0953. The Balaban J connectivity index is 2.72. The topological polar surface area (TPSA) is 34.0 Å². The molecule has 0 aliphatic rings. The number of nitrogens with zero attached hydrogens (tertiary/aromatic N) is 1. The Hall–Kier alpha value is -1.25. The summed E-state index contributed by atoms with van der Waals surface area (Å²) in [6, 6.07) is 1.86. The van der Waals surface area contributed by atoms with Crippen LogP contribution in [0.5, 0.6) is 0 Å². The average Bonchev–Trinajstić information content (AvgIpc) is 2.62. The van der Waals surface area contributed by atoms with E-state index in [0.717, 1.165) is 18.5 Å². The minimum atomic E-state index is 0.0138. The molecular weight excluding hydrogens is 188 g/mol. The highest BCUT2D eigenvalue weighted by Gasteiger charge is 2.14. The zero-order valence-corrected chi connectivity index (χ0v) is 10.0. The van der Waals surface area contributed by atoms with Crippen LogP contribution < -0.4 is 5.32 Å². The molecule has 0 spiro atoms. The summed E-state index contributed by atoms with van der Waals surface area (Å²) in [7, 11) is 0. The number of nitrogens with one attached hydrogen (secondary N) is 1. The molecular formula is C12H20N2O. The van der Waals surface area contributed by atoms with Crippen LogP contribution in [0.4, 0.5) is 0 Å². The predicted octanol–water partition coefficient (Wildman–Crippen LogP) is 2.38. The molecule has 15 heavy (non-hydrogen) atoms. The van der Waals surface area contributed by atoms with Gasteiger partial charge in [0.1, 0.15) is 0 Å². The molecule has 0 saturated carbocycles.